The van der Waals surface area contributed by atoms with E-state index in [4.69, 9.17) is 0 Å². The third-order valence-corrected chi connectivity index (χ3v) is 7.74. The summed E-state index contributed by atoms with van der Waals surface area (Å²) in [6.45, 7) is 4.24. The summed E-state index contributed by atoms with van der Waals surface area (Å²) in [5.74, 6) is 0. The molecule has 192 valence electrons. The van der Waals surface area contributed by atoms with E-state index in [9.17, 15) is 0 Å². The van der Waals surface area contributed by atoms with Crippen molar-refractivity contribution in [2.24, 2.45) is 0 Å². The average Bonchev–Trinajstić information content (AvgIpc) is 3.52. The molecule has 0 saturated carbocycles. The van der Waals surface area contributed by atoms with Crippen molar-refractivity contribution in [2.75, 3.05) is 0 Å². The van der Waals surface area contributed by atoms with Crippen molar-refractivity contribution in [1.29, 1.82) is 0 Å². The number of rotatable bonds is 2. The van der Waals surface area contributed by atoms with E-state index >= 15 is 0 Å². The third-order valence-electron chi connectivity index (χ3n) is 7.74. The maximum absolute atomic E-state index is 2.34. The van der Waals surface area contributed by atoms with Crippen molar-refractivity contribution >= 4 is 43.6 Å². The van der Waals surface area contributed by atoms with Crippen LogP contribution < -0.4 is 0 Å². The molecule has 0 fully saturated rings. The second-order valence-electron chi connectivity index (χ2n) is 10.4. The number of aryl methyl sites for hydroxylation is 2. The highest BCUT2D eigenvalue weighted by molar-refractivity contribution is 6.10. The van der Waals surface area contributed by atoms with Crippen LogP contribution in [0.4, 0.5) is 0 Å². The highest BCUT2D eigenvalue weighted by Crippen LogP contribution is 2.33. The Balaban J connectivity index is 0.000000132. The SMILES string of the molecule is Cc1ccc(-n2c3ccccc3c3ccccc32)cc1.Cc1ccc(-n2c3ccccc3c3ccccc32)cc1. The van der Waals surface area contributed by atoms with Crippen LogP contribution in [0, 0.1) is 13.8 Å². The van der Waals surface area contributed by atoms with Crippen LogP contribution in [-0.2, 0) is 0 Å². The van der Waals surface area contributed by atoms with Crippen LogP contribution >= 0.6 is 0 Å². The molecule has 0 radical (unpaired) electrons. The van der Waals surface area contributed by atoms with E-state index < -0.39 is 0 Å². The Morgan fingerprint density at radius 3 is 0.825 bits per heavy atom. The van der Waals surface area contributed by atoms with Crippen LogP contribution in [-0.4, -0.2) is 9.13 Å². The lowest BCUT2D eigenvalue weighted by Crippen LogP contribution is -1.93. The fourth-order valence-electron chi connectivity index (χ4n) is 5.79. The molecule has 0 amide bonds. The lowest BCUT2D eigenvalue weighted by atomic mass is 10.2. The molecule has 6 aromatic carbocycles. The van der Waals surface area contributed by atoms with E-state index in [0.29, 0.717) is 0 Å². The third kappa shape index (κ3) is 4.06. The first-order chi connectivity index (χ1) is 19.7. The van der Waals surface area contributed by atoms with Gasteiger partial charge in [0, 0.05) is 32.9 Å². The Labute approximate surface area is 234 Å². The Bertz CT molecular complexity index is 1840. The first-order valence-electron chi connectivity index (χ1n) is 13.8. The summed E-state index contributed by atoms with van der Waals surface area (Å²) in [5.41, 5.74) is 10.1. The van der Waals surface area contributed by atoms with Crippen molar-refractivity contribution in [3.8, 4) is 11.4 Å². The second kappa shape index (κ2) is 9.91. The minimum Gasteiger partial charge on any atom is -0.309 e. The van der Waals surface area contributed by atoms with Crippen molar-refractivity contribution in [2.45, 2.75) is 13.8 Å². The fraction of sp³-hybridized carbons (Fsp3) is 0.0526. The van der Waals surface area contributed by atoms with E-state index in [1.165, 1.54) is 66.1 Å². The molecular weight excluding hydrogens is 484 g/mol. The van der Waals surface area contributed by atoms with Crippen LogP contribution in [0.3, 0.4) is 0 Å². The molecule has 8 rings (SSSR count). The van der Waals surface area contributed by atoms with Gasteiger partial charge in [0.15, 0.2) is 0 Å². The molecule has 2 aromatic heterocycles. The van der Waals surface area contributed by atoms with Gasteiger partial charge in [0.1, 0.15) is 0 Å². The van der Waals surface area contributed by atoms with E-state index in [-0.39, 0.29) is 0 Å². The molecule has 0 unspecified atom stereocenters. The van der Waals surface area contributed by atoms with Gasteiger partial charge in [-0.15, -0.1) is 0 Å². The van der Waals surface area contributed by atoms with Gasteiger partial charge < -0.3 is 9.13 Å². The highest BCUT2D eigenvalue weighted by Gasteiger charge is 2.11. The smallest absolute Gasteiger partial charge is 0.0541 e. The van der Waals surface area contributed by atoms with Gasteiger partial charge in [0.05, 0.1) is 22.1 Å². The van der Waals surface area contributed by atoms with Crippen molar-refractivity contribution < 1.29 is 0 Å². The summed E-state index contributed by atoms with van der Waals surface area (Å²) in [4.78, 5) is 0. The number of para-hydroxylation sites is 4. The van der Waals surface area contributed by atoms with Crippen LogP contribution in [0.2, 0.25) is 0 Å². The van der Waals surface area contributed by atoms with Gasteiger partial charge in [-0.2, -0.15) is 0 Å². The summed E-state index contributed by atoms with van der Waals surface area (Å²) in [7, 11) is 0. The monoisotopic (exact) mass is 514 g/mol. The first kappa shape index (κ1) is 24.0. The molecule has 40 heavy (non-hydrogen) atoms. The maximum Gasteiger partial charge on any atom is 0.0541 e. The normalized spacial score (nSPS) is 11.2. The largest absolute Gasteiger partial charge is 0.309 e. The molecule has 2 heterocycles. The molecule has 2 nitrogen and oxygen atoms in total. The van der Waals surface area contributed by atoms with Crippen LogP contribution in [0.5, 0.6) is 0 Å². The molecule has 0 saturated heterocycles. The van der Waals surface area contributed by atoms with Crippen LogP contribution in [0.1, 0.15) is 11.1 Å². The minimum absolute atomic E-state index is 1.22. The lowest BCUT2D eigenvalue weighted by Gasteiger charge is -2.07. The number of fused-ring (bicyclic) bond motifs is 6. The Morgan fingerprint density at radius 2 is 0.550 bits per heavy atom. The molecule has 0 bridgehead atoms. The summed E-state index contributed by atoms with van der Waals surface area (Å²) in [6.07, 6.45) is 0. The molecule has 0 N–H and O–H groups in total. The predicted molar refractivity (Wildman–Crippen MR) is 171 cm³/mol. The average molecular weight is 515 g/mol. The van der Waals surface area contributed by atoms with Gasteiger partial charge in [0.2, 0.25) is 0 Å². The number of hydrogen-bond donors (Lipinski definition) is 0. The van der Waals surface area contributed by atoms with Gasteiger partial charge in [-0.05, 0) is 62.4 Å². The van der Waals surface area contributed by atoms with Gasteiger partial charge in [0.25, 0.3) is 0 Å². The van der Waals surface area contributed by atoms with Crippen LogP contribution in [0.15, 0.2) is 146 Å². The summed E-state index contributed by atoms with van der Waals surface area (Å²) in [5, 5.41) is 5.24. The molecule has 0 spiro atoms. The van der Waals surface area contributed by atoms with E-state index in [2.05, 4.69) is 169 Å². The van der Waals surface area contributed by atoms with Crippen molar-refractivity contribution in [3.05, 3.63) is 157 Å². The summed E-state index contributed by atoms with van der Waals surface area (Å²) >= 11 is 0. The molecule has 0 aliphatic carbocycles. The van der Waals surface area contributed by atoms with E-state index in [0.717, 1.165) is 0 Å². The van der Waals surface area contributed by atoms with Gasteiger partial charge in [-0.3, -0.25) is 0 Å². The standard InChI is InChI=1S/2C19H15N/c2*1-14-10-12-15(13-11-14)20-18-8-4-2-6-16(18)17-7-3-5-9-19(17)20/h2*2-13H,1H3. The van der Waals surface area contributed by atoms with Crippen LogP contribution in [0.25, 0.3) is 55.0 Å². The zero-order valence-electron chi connectivity index (χ0n) is 22.8. The lowest BCUT2D eigenvalue weighted by molar-refractivity contribution is 1.17. The number of benzene rings is 6. The Hall–Kier alpha value is -5.08. The van der Waals surface area contributed by atoms with Gasteiger partial charge in [-0.25, -0.2) is 0 Å². The molecule has 0 aliphatic heterocycles. The highest BCUT2D eigenvalue weighted by atomic mass is 15.0. The van der Waals surface area contributed by atoms with Gasteiger partial charge in [-0.1, -0.05) is 108 Å². The van der Waals surface area contributed by atoms with Gasteiger partial charge >= 0.3 is 0 Å². The second-order valence-corrected chi connectivity index (χ2v) is 10.4. The number of nitrogens with zero attached hydrogens (tertiary/aromatic N) is 2. The molecular formula is C38H30N2. The Kier molecular flexibility index (Phi) is 5.94. The zero-order valence-corrected chi connectivity index (χ0v) is 22.8. The topological polar surface area (TPSA) is 9.86 Å². The van der Waals surface area contributed by atoms with E-state index in [1.54, 1.807) is 0 Å². The molecule has 2 heteroatoms. The maximum atomic E-state index is 2.34. The van der Waals surface area contributed by atoms with E-state index in [1.807, 2.05) is 0 Å². The predicted octanol–water partition coefficient (Wildman–Crippen LogP) is 10.2. The summed E-state index contributed by atoms with van der Waals surface area (Å²) in [6, 6.07) is 51.8. The quantitative estimate of drug-likeness (QED) is 0.217. The van der Waals surface area contributed by atoms with Crippen molar-refractivity contribution in [1.82, 2.24) is 9.13 Å². The Morgan fingerprint density at radius 1 is 0.300 bits per heavy atom. The number of aromatic nitrogens is 2. The van der Waals surface area contributed by atoms with Crippen molar-refractivity contribution in [3.63, 3.8) is 0 Å². The fourth-order valence-corrected chi connectivity index (χ4v) is 5.79. The molecule has 0 aliphatic rings. The molecule has 0 atom stereocenters. The zero-order chi connectivity index (χ0) is 27.1. The molecule has 8 aromatic rings. The first-order valence-corrected chi connectivity index (χ1v) is 13.8. The number of hydrogen-bond acceptors (Lipinski definition) is 0. The minimum atomic E-state index is 1.22. The summed E-state index contributed by atoms with van der Waals surface area (Å²) < 4.78 is 4.67.